The number of unbranched alkanes of at least 4 members (excludes halogenated alkanes) is 3. The van der Waals surface area contributed by atoms with Gasteiger partial charge in [0.2, 0.25) is 0 Å². The maximum atomic E-state index is 4.24. The Balaban J connectivity index is 2.48. The molecule has 0 N–H and O–H groups in total. The summed E-state index contributed by atoms with van der Waals surface area (Å²) < 4.78 is 0. The van der Waals surface area contributed by atoms with Gasteiger partial charge in [0, 0.05) is 5.41 Å². The van der Waals surface area contributed by atoms with Gasteiger partial charge in [-0.05, 0) is 60.1 Å². The third-order valence-electron chi connectivity index (χ3n) is 6.13. The van der Waals surface area contributed by atoms with E-state index in [1.807, 2.05) is 12.2 Å². The van der Waals surface area contributed by atoms with Gasteiger partial charge in [-0.25, -0.2) is 0 Å². The van der Waals surface area contributed by atoms with Crippen molar-refractivity contribution in [2.45, 2.75) is 71.6 Å². The fourth-order valence-electron chi connectivity index (χ4n) is 4.43. The highest BCUT2D eigenvalue weighted by molar-refractivity contribution is 5.81. The molecule has 144 valence electrons. The van der Waals surface area contributed by atoms with Gasteiger partial charge in [0.25, 0.3) is 0 Å². The van der Waals surface area contributed by atoms with E-state index < -0.39 is 0 Å². The van der Waals surface area contributed by atoms with Crippen LogP contribution >= 0.6 is 0 Å². The lowest BCUT2D eigenvalue weighted by Gasteiger charge is -2.33. The van der Waals surface area contributed by atoms with Crippen LogP contribution in [0.4, 0.5) is 0 Å². The first kappa shape index (κ1) is 21.2. The molecule has 0 nitrogen and oxygen atoms in total. The fraction of sp³-hybridized carbons (Fsp3) is 0.407. The summed E-state index contributed by atoms with van der Waals surface area (Å²) in [7, 11) is 0. The largest absolute Gasteiger partial charge is 0.0991 e. The van der Waals surface area contributed by atoms with E-state index in [-0.39, 0.29) is 5.41 Å². The van der Waals surface area contributed by atoms with E-state index in [1.165, 1.54) is 60.0 Å². The van der Waals surface area contributed by atoms with Crippen LogP contribution in [0.2, 0.25) is 0 Å². The Hall–Kier alpha value is -2.08. The van der Waals surface area contributed by atoms with E-state index in [0.717, 1.165) is 12.0 Å². The second-order valence-electron chi connectivity index (χ2n) is 7.78. The molecular weight excluding hydrogens is 324 g/mol. The third-order valence-corrected chi connectivity index (χ3v) is 6.13. The van der Waals surface area contributed by atoms with Crippen molar-refractivity contribution < 1.29 is 0 Å². The summed E-state index contributed by atoms with van der Waals surface area (Å²) in [4.78, 5) is 0. The molecule has 0 saturated carbocycles. The van der Waals surface area contributed by atoms with Crippen molar-refractivity contribution in [3.8, 4) is 0 Å². The van der Waals surface area contributed by atoms with Crippen LogP contribution in [0, 0.1) is 0 Å². The monoisotopic (exact) mass is 360 g/mol. The minimum atomic E-state index is 0.137. The summed E-state index contributed by atoms with van der Waals surface area (Å²) in [5, 5.41) is 0. The molecule has 27 heavy (non-hydrogen) atoms. The van der Waals surface area contributed by atoms with Gasteiger partial charge in [0.15, 0.2) is 0 Å². The smallest absolute Gasteiger partial charge is 0.0209 e. The van der Waals surface area contributed by atoms with Gasteiger partial charge in [-0.1, -0.05) is 101 Å². The average molecular weight is 361 g/mol. The Morgan fingerprint density at radius 3 is 2.52 bits per heavy atom. The molecule has 1 unspecified atom stereocenters. The molecule has 1 aromatic rings. The number of rotatable bonds is 10. The van der Waals surface area contributed by atoms with Gasteiger partial charge >= 0.3 is 0 Å². The Morgan fingerprint density at radius 1 is 1.11 bits per heavy atom. The van der Waals surface area contributed by atoms with E-state index in [9.17, 15) is 0 Å². The quantitative estimate of drug-likeness (QED) is 0.290. The van der Waals surface area contributed by atoms with Crippen LogP contribution in [0.5, 0.6) is 0 Å². The van der Waals surface area contributed by atoms with Gasteiger partial charge in [-0.3, -0.25) is 0 Å². The summed E-state index contributed by atoms with van der Waals surface area (Å²) in [5.74, 6) is 0. The first-order chi connectivity index (χ1) is 13.0. The highest BCUT2D eigenvalue weighted by atomic mass is 14.4. The zero-order valence-electron chi connectivity index (χ0n) is 17.8. The second kappa shape index (κ2) is 9.74. The van der Waals surface area contributed by atoms with E-state index in [2.05, 4.69) is 71.2 Å². The van der Waals surface area contributed by atoms with Crippen molar-refractivity contribution in [1.29, 1.82) is 0 Å². The fourth-order valence-corrected chi connectivity index (χ4v) is 4.43. The zero-order valence-corrected chi connectivity index (χ0v) is 17.8. The van der Waals surface area contributed by atoms with Gasteiger partial charge in [0.05, 0.1) is 0 Å². The molecule has 1 aliphatic carbocycles. The third kappa shape index (κ3) is 4.43. The predicted octanol–water partition coefficient (Wildman–Crippen LogP) is 8.34. The molecule has 0 saturated heterocycles. The molecule has 0 amide bonds. The number of allylic oxidation sites excluding steroid dienone is 8. The van der Waals surface area contributed by atoms with Gasteiger partial charge < -0.3 is 0 Å². The van der Waals surface area contributed by atoms with Crippen LogP contribution in [-0.2, 0) is 5.41 Å². The Kier molecular flexibility index (Phi) is 7.66. The summed E-state index contributed by atoms with van der Waals surface area (Å²) in [5.41, 5.74) is 8.31. The topological polar surface area (TPSA) is 0 Å². The summed E-state index contributed by atoms with van der Waals surface area (Å²) >= 11 is 0. The number of fused-ring (bicyclic) bond motifs is 1. The van der Waals surface area contributed by atoms with Crippen LogP contribution in [0.1, 0.15) is 77.3 Å². The highest BCUT2D eigenvalue weighted by Crippen LogP contribution is 2.52. The summed E-state index contributed by atoms with van der Waals surface area (Å²) in [6.45, 7) is 17.1. The zero-order chi connectivity index (χ0) is 19.9. The SMILES string of the molecule is C=CC=CC(=C)C(C)=CC1=C(C)c2ccccc2C1(CC)CCCCCC. The minimum Gasteiger partial charge on any atom is -0.0991 e. The highest BCUT2D eigenvalue weighted by Gasteiger charge is 2.40. The van der Waals surface area contributed by atoms with Gasteiger partial charge in [-0.15, -0.1) is 0 Å². The molecule has 0 aromatic heterocycles. The molecule has 0 bridgehead atoms. The molecule has 0 aliphatic heterocycles. The van der Waals surface area contributed by atoms with Crippen molar-refractivity contribution in [3.63, 3.8) is 0 Å². The van der Waals surface area contributed by atoms with Crippen LogP contribution in [0.3, 0.4) is 0 Å². The summed E-state index contributed by atoms with van der Waals surface area (Å²) in [6.07, 6.45) is 15.8. The van der Waals surface area contributed by atoms with E-state index in [4.69, 9.17) is 0 Å². The number of hydrogen-bond acceptors (Lipinski definition) is 0. The molecular formula is C27H36. The van der Waals surface area contributed by atoms with Crippen LogP contribution in [0.15, 0.2) is 78.4 Å². The van der Waals surface area contributed by atoms with Crippen molar-refractivity contribution >= 4 is 5.57 Å². The molecule has 0 heterocycles. The second-order valence-corrected chi connectivity index (χ2v) is 7.78. The first-order valence-corrected chi connectivity index (χ1v) is 10.5. The van der Waals surface area contributed by atoms with Crippen molar-refractivity contribution in [2.24, 2.45) is 0 Å². The van der Waals surface area contributed by atoms with E-state index >= 15 is 0 Å². The van der Waals surface area contributed by atoms with Crippen molar-refractivity contribution in [1.82, 2.24) is 0 Å². The van der Waals surface area contributed by atoms with Crippen LogP contribution in [0.25, 0.3) is 5.57 Å². The normalized spacial score (nSPS) is 19.6. The lowest BCUT2D eigenvalue weighted by Crippen LogP contribution is -2.25. The van der Waals surface area contributed by atoms with Crippen molar-refractivity contribution in [2.75, 3.05) is 0 Å². The average Bonchev–Trinajstić information content (AvgIpc) is 2.92. The van der Waals surface area contributed by atoms with Gasteiger partial charge in [0.1, 0.15) is 0 Å². The van der Waals surface area contributed by atoms with Crippen LogP contribution < -0.4 is 0 Å². The maximum absolute atomic E-state index is 4.24. The lowest BCUT2D eigenvalue weighted by molar-refractivity contribution is 0.433. The van der Waals surface area contributed by atoms with E-state index in [0.29, 0.717) is 0 Å². The molecule has 0 radical (unpaired) electrons. The standard InChI is InChI=1S/C27H36/c1-7-10-12-15-19-27(9-3)25-18-14-13-17-24(25)23(6)26(27)20-22(5)21(4)16-11-8-2/h8,11,13-14,16-18,20H,2,4,7,9-10,12,15,19H2,1,3,5-6H3. The molecule has 1 atom stereocenters. The molecule has 0 heteroatoms. The lowest BCUT2D eigenvalue weighted by atomic mass is 9.70. The van der Waals surface area contributed by atoms with Gasteiger partial charge in [-0.2, -0.15) is 0 Å². The molecule has 0 fully saturated rings. The van der Waals surface area contributed by atoms with Crippen molar-refractivity contribution in [3.05, 3.63) is 89.6 Å². The first-order valence-electron chi connectivity index (χ1n) is 10.5. The molecule has 1 aromatic carbocycles. The minimum absolute atomic E-state index is 0.137. The Morgan fingerprint density at radius 2 is 1.85 bits per heavy atom. The molecule has 0 spiro atoms. The number of hydrogen-bond donors (Lipinski definition) is 0. The van der Waals surface area contributed by atoms with Crippen LogP contribution in [-0.4, -0.2) is 0 Å². The summed E-state index contributed by atoms with van der Waals surface area (Å²) in [6, 6.07) is 9.02. The maximum Gasteiger partial charge on any atom is 0.0209 e. The Labute approximate surface area is 167 Å². The number of benzene rings is 1. The Bertz CT molecular complexity index is 769. The predicted molar refractivity (Wildman–Crippen MR) is 122 cm³/mol. The molecule has 1 aliphatic rings. The molecule has 2 rings (SSSR count). The van der Waals surface area contributed by atoms with E-state index in [1.54, 1.807) is 6.08 Å².